The minimum Gasteiger partial charge on any atom is -0.406 e. The Bertz CT molecular complexity index is 1470. The lowest BCUT2D eigenvalue weighted by Crippen LogP contribution is -2.23. The summed E-state index contributed by atoms with van der Waals surface area (Å²) in [6.45, 7) is 0.0231. The lowest BCUT2D eigenvalue weighted by molar-refractivity contribution is -0.274. The van der Waals surface area contributed by atoms with E-state index < -0.39 is 12.3 Å². The van der Waals surface area contributed by atoms with Gasteiger partial charge in [0.2, 0.25) is 0 Å². The molecule has 166 valence electrons. The Labute approximate surface area is 184 Å². The third kappa shape index (κ3) is 4.22. The summed E-state index contributed by atoms with van der Waals surface area (Å²) in [5.41, 5.74) is 3.44. The number of imidazole rings is 1. The predicted octanol–water partition coefficient (Wildman–Crippen LogP) is 4.93. The van der Waals surface area contributed by atoms with Gasteiger partial charge in [-0.05, 0) is 35.9 Å². The number of alkyl halides is 3. The first-order valence-corrected chi connectivity index (χ1v) is 9.92. The van der Waals surface area contributed by atoms with E-state index in [4.69, 9.17) is 0 Å². The molecule has 0 saturated heterocycles. The van der Waals surface area contributed by atoms with Crippen molar-refractivity contribution in [2.75, 3.05) is 0 Å². The molecule has 0 atom stereocenters. The number of aromatic nitrogens is 4. The van der Waals surface area contributed by atoms with E-state index in [0.717, 1.165) is 10.9 Å². The lowest BCUT2D eigenvalue weighted by atomic mass is 10.1. The molecule has 0 saturated carbocycles. The van der Waals surface area contributed by atoms with E-state index in [0.29, 0.717) is 33.7 Å². The number of H-pyrrole nitrogens is 2. The molecule has 0 aliphatic rings. The van der Waals surface area contributed by atoms with Crippen LogP contribution in [0.4, 0.5) is 13.2 Å². The number of carbonyl (C=O) groups excluding carboxylic acids is 1. The minimum absolute atomic E-state index is 0.0231. The van der Waals surface area contributed by atoms with Crippen molar-refractivity contribution in [1.82, 2.24) is 25.5 Å². The van der Waals surface area contributed by atoms with Gasteiger partial charge in [-0.25, -0.2) is 4.98 Å². The van der Waals surface area contributed by atoms with Crippen molar-refractivity contribution >= 4 is 27.8 Å². The molecule has 33 heavy (non-hydrogen) atoms. The maximum atomic E-state index is 12.9. The largest absolute Gasteiger partial charge is 0.573 e. The molecule has 0 radical (unpaired) electrons. The van der Waals surface area contributed by atoms with Crippen molar-refractivity contribution in [3.05, 3.63) is 77.9 Å². The van der Waals surface area contributed by atoms with Gasteiger partial charge in [0.15, 0.2) is 5.82 Å². The smallest absolute Gasteiger partial charge is 0.406 e. The summed E-state index contributed by atoms with van der Waals surface area (Å²) < 4.78 is 41.2. The zero-order valence-electron chi connectivity index (χ0n) is 16.9. The van der Waals surface area contributed by atoms with E-state index >= 15 is 0 Å². The van der Waals surface area contributed by atoms with Crippen LogP contribution >= 0.6 is 0 Å². The number of nitrogens with one attached hydrogen (secondary N) is 3. The van der Waals surface area contributed by atoms with Gasteiger partial charge < -0.3 is 15.0 Å². The van der Waals surface area contributed by atoms with Crippen LogP contribution in [-0.2, 0) is 6.54 Å². The van der Waals surface area contributed by atoms with Gasteiger partial charge in [-0.15, -0.1) is 13.2 Å². The van der Waals surface area contributed by atoms with Gasteiger partial charge in [0.25, 0.3) is 5.91 Å². The monoisotopic (exact) mass is 451 g/mol. The summed E-state index contributed by atoms with van der Waals surface area (Å²) in [6.07, 6.45) is -4.78. The van der Waals surface area contributed by atoms with Gasteiger partial charge in [-0.3, -0.25) is 9.89 Å². The molecule has 7 nitrogen and oxygen atoms in total. The first-order valence-electron chi connectivity index (χ1n) is 9.92. The van der Waals surface area contributed by atoms with Gasteiger partial charge >= 0.3 is 6.36 Å². The van der Waals surface area contributed by atoms with Crippen molar-refractivity contribution in [3.63, 3.8) is 0 Å². The van der Waals surface area contributed by atoms with Crippen LogP contribution in [0.2, 0.25) is 0 Å². The highest BCUT2D eigenvalue weighted by Gasteiger charge is 2.31. The van der Waals surface area contributed by atoms with Crippen molar-refractivity contribution in [2.45, 2.75) is 12.9 Å². The maximum Gasteiger partial charge on any atom is 0.573 e. The van der Waals surface area contributed by atoms with E-state index in [2.05, 4.69) is 30.2 Å². The van der Waals surface area contributed by atoms with Gasteiger partial charge in [0.1, 0.15) is 11.4 Å². The Morgan fingerprint density at radius 3 is 2.70 bits per heavy atom. The molecule has 3 aromatic carbocycles. The van der Waals surface area contributed by atoms with E-state index in [1.165, 1.54) is 18.2 Å². The molecule has 0 bridgehead atoms. The molecule has 5 rings (SSSR count). The van der Waals surface area contributed by atoms with Gasteiger partial charge in [0, 0.05) is 11.9 Å². The standard InChI is InChI=1S/C23H16F3N5O2/c24-23(25,26)33-14-6-3-5-13(11-14)12-27-22(32)16-8-4-10-18-19(16)29-21(28-18)20-15-7-1-2-9-17(15)30-31-20/h1-11H,12H2,(H,27,32)(H,28,29)(H,30,31). The number of halogens is 3. The van der Waals surface area contributed by atoms with Crippen molar-refractivity contribution in [3.8, 4) is 17.3 Å². The molecular formula is C23H16F3N5O2. The first-order chi connectivity index (χ1) is 15.9. The molecule has 0 aliphatic heterocycles. The normalized spacial score (nSPS) is 11.7. The molecule has 0 spiro atoms. The van der Waals surface area contributed by atoms with E-state index in [-0.39, 0.29) is 12.3 Å². The van der Waals surface area contributed by atoms with Crippen LogP contribution in [0.3, 0.4) is 0 Å². The van der Waals surface area contributed by atoms with Crippen molar-refractivity contribution < 1.29 is 22.7 Å². The summed E-state index contributed by atoms with van der Waals surface area (Å²) in [4.78, 5) is 20.6. The number of benzene rings is 3. The van der Waals surface area contributed by atoms with E-state index in [1.54, 1.807) is 24.3 Å². The second kappa shape index (κ2) is 7.97. The summed E-state index contributed by atoms with van der Waals surface area (Å²) in [5.74, 6) is -0.231. The van der Waals surface area contributed by atoms with Crippen molar-refractivity contribution in [2.24, 2.45) is 0 Å². The molecule has 10 heteroatoms. The molecule has 0 unspecified atom stereocenters. The van der Waals surface area contributed by atoms with Gasteiger partial charge in [-0.2, -0.15) is 5.10 Å². The summed E-state index contributed by atoms with van der Waals surface area (Å²) in [7, 11) is 0. The summed E-state index contributed by atoms with van der Waals surface area (Å²) in [6, 6.07) is 18.2. The maximum absolute atomic E-state index is 12.9. The highest BCUT2D eigenvalue weighted by Crippen LogP contribution is 2.27. The SMILES string of the molecule is O=C(NCc1cccc(OC(F)(F)F)c1)c1cccc2nc(-c3n[nH]c4ccccc34)[nH]c12. The highest BCUT2D eigenvalue weighted by molar-refractivity contribution is 6.05. The zero-order valence-corrected chi connectivity index (χ0v) is 16.9. The molecule has 2 heterocycles. The number of amides is 1. The van der Waals surface area contributed by atoms with E-state index in [1.807, 2.05) is 24.3 Å². The number of para-hydroxylation sites is 2. The number of hydrogen-bond donors (Lipinski definition) is 3. The minimum atomic E-state index is -4.78. The number of aromatic amines is 2. The molecule has 1 amide bonds. The molecule has 0 aliphatic carbocycles. The Morgan fingerprint density at radius 1 is 1.03 bits per heavy atom. The third-order valence-electron chi connectivity index (χ3n) is 5.04. The fourth-order valence-electron chi connectivity index (χ4n) is 3.61. The Kier molecular flexibility index (Phi) is 4.97. The quantitative estimate of drug-likeness (QED) is 0.353. The van der Waals surface area contributed by atoms with Gasteiger partial charge in [-0.1, -0.05) is 36.4 Å². The van der Waals surface area contributed by atoms with Crippen LogP contribution in [0, 0.1) is 0 Å². The van der Waals surface area contributed by atoms with Crippen LogP contribution in [0.15, 0.2) is 66.7 Å². The Hall–Kier alpha value is -4.34. The third-order valence-corrected chi connectivity index (χ3v) is 5.04. The molecular weight excluding hydrogens is 435 g/mol. The van der Waals surface area contributed by atoms with Crippen LogP contribution in [0.25, 0.3) is 33.5 Å². The Morgan fingerprint density at radius 2 is 1.85 bits per heavy atom. The number of carbonyl (C=O) groups is 1. The van der Waals surface area contributed by atoms with Crippen LogP contribution in [0.1, 0.15) is 15.9 Å². The van der Waals surface area contributed by atoms with Crippen LogP contribution in [0.5, 0.6) is 5.75 Å². The molecule has 2 aromatic heterocycles. The highest BCUT2D eigenvalue weighted by atomic mass is 19.4. The summed E-state index contributed by atoms with van der Waals surface area (Å²) >= 11 is 0. The van der Waals surface area contributed by atoms with Crippen LogP contribution < -0.4 is 10.1 Å². The lowest BCUT2D eigenvalue weighted by Gasteiger charge is -2.11. The molecule has 3 N–H and O–H groups in total. The number of nitrogens with zero attached hydrogens (tertiary/aromatic N) is 2. The van der Waals surface area contributed by atoms with Crippen molar-refractivity contribution in [1.29, 1.82) is 0 Å². The van der Waals surface area contributed by atoms with E-state index in [9.17, 15) is 18.0 Å². The second-order valence-electron chi connectivity index (χ2n) is 7.28. The Balaban J connectivity index is 1.39. The summed E-state index contributed by atoms with van der Waals surface area (Å²) in [5, 5.41) is 10.9. The second-order valence-corrected chi connectivity index (χ2v) is 7.28. The van der Waals surface area contributed by atoms with Gasteiger partial charge in [0.05, 0.1) is 22.1 Å². The topological polar surface area (TPSA) is 95.7 Å². The average molecular weight is 451 g/mol. The zero-order chi connectivity index (χ0) is 23.0. The number of ether oxygens (including phenoxy) is 1. The fourth-order valence-corrected chi connectivity index (χ4v) is 3.61. The predicted molar refractivity (Wildman–Crippen MR) is 115 cm³/mol. The fraction of sp³-hybridized carbons (Fsp3) is 0.0870. The molecule has 5 aromatic rings. The first kappa shape index (κ1) is 20.6. The number of fused-ring (bicyclic) bond motifs is 2. The average Bonchev–Trinajstić information content (AvgIpc) is 3.40. The number of hydrogen-bond acceptors (Lipinski definition) is 4. The number of rotatable bonds is 5. The van der Waals surface area contributed by atoms with Crippen LogP contribution in [-0.4, -0.2) is 32.4 Å². The molecule has 0 fully saturated rings.